The van der Waals surface area contributed by atoms with Gasteiger partial charge in [0.2, 0.25) is 0 Å². The van der Waals surface area contributed by atoms with Crippen molar-refractivity contribution in [1.29, 1.82) is 0 Å². The molecule has 0 saturated carbocycles. The molecule has 2 fully saturated rings. The van der Waals surface area contributed by atoms with Crippen molar-refractivity contribution < 1.29 is 8.42 Å². The van der Waals surface area contributed by atoms with E-state index >= 15 is 0 Å². The smallest absolute Gasteiger partial charge is 0.279 e. The lowest BCUT2D eigenvalue weighted by Gasteiger charge is -2.35. The summed E-state index contributed by atoms with van der Waals surface area (Å²) in [5, 5.41) is 0. The Balaban J connectivity index is 1.35. The third-order valence-corrected chi connectivity index (χ3v) is 6.70. The van der Waals surface area contributed by atoms with Crippen molar-refractivity contribution in [3.8, 4) is 0 Å². The molecule has 2 heterocycles. The summed E-state index contributed by atoms with van der Waals surface area (Å²) in [6.45, 7) is 7.67. The molecule has 2 aliphatic rings. The Bertz CT molecular complexity index is 609. The minimum atomic E-state index is -3.29. The molecule has 7 heteroatoms. The van der Waals surface area contributed by atoms with Gasteiger partial charge in [-0.15, -0.1) is 0 Å². The fourth-order valence-electron chi connectivity index (χ4n) is 3.54. The van der Waals surface area contributed by atoms with Crippen LogP contribution in [0.1, 0.15) is 24.8 Å². The predicted octanol–water partition coefficient (Wildman–Crippen LogP) is 1.12. The lowest BCUT2D eigenvalue weighted by atomic mass is 10.2. The van der Waals surface area contributed by atoms with E-state index in [0.29, 0.717) is 19.6 Å². The molecule has 2 saturated heterocycles. The molecule has 2 aliphatic heterocycles. The molecular weight excluding hydrogens is 336 g/mol. The number of rotatable bonds is 7. The van der Waals surface area contributed by atoms with Crippen LogP contribution in [0.25, 0.3) is 0 Å². The van der Waals surface area contributed by atoms with Crippen molar-refractivity contribution >= 4 is 10.2 Å². The van der Waals surface area contributed by atoms with Crippen molar-refractivity contribution in [3.63, 3.8) is 0 Å². The summed E-state index contributed by atoms with van der Waals surface area (Å²) < 4.78 is 28.9. The van der Waals surface area contributed by atoms with Crippen LogP contribution in [0.2, 0.25) is 0 Å². The van der Waals surface area contributed by atoms with Gasteiger partial charge in [0, 0.05) is 58.9 Å². The van der Waals surface area contributed by atoms with Crippen LogP contribution in [-0.4, -0.2) is 74.9 Å². The van der Waals surface area contributed by atoms with E-state index < -0.39 is 10.2 Å². The number of benzene rings is 1. The lowest BCUT2D eigenvalue weighted by Crippen LogP contribution is -2.49. The van der Waals surface area contributed by atoms with E-state index in [2.05, 4.69) is 38.8 Å². The molecule has 0 atom stereocenters. The van der Waals surface area contributed by atoms with E-state index in [0.717, 1.165) is 58.5 Å². The first-order valence-electron chi connectivity index (χ1n) is 9.37. The molecule has 1 aromatic carbocycles. The summed E-state index contributed by atoms with van der Waals surface area (Å²) in [6.07, 6.45) is 3.09. The minimum Gasteiger partial charge on any atom is -0.299 e. The Morgan fingerprint density at radius 1 is 0.840 bits per heavy atom. The molecule has 1 aromatic rings. The van der Waals surface area contributed by atoms with Crippen molar-refractivity contribution in [2.24, 2.45) is 0 Å². The first kappa shape index (κ1) is 18.8. The first-order valence-corrected chi connectivity index (χ1v) is 10.8. The van der Waals surface area contributed by atoms with Gasteiger partial charge in [0.15, 0.2) is 0 Å². The number of piperidine rings is 1. The van der Waals surface area contributed by atoms with Crippen LogP contribution in [0.15, 0.2) is 30.3 Å². The summed E-state index contributed by atoms with van der Waals surface area (Å²) in [5.74, 6) is 0. The fraction of sp³-hybridized carbons (Fsp3) is 0.667. The van der Waals surface area contributed by atoms with Gasteiger partial charge >= 0.3 is 0 Å². The molecule has 6 nitrogen and oxygen atoms in total. The van der Waals surface area contributed by atoms with Gasteiger partial charge in [-0.1, -0.05) is 36.8 Å². The van der Waals surface area contributed by atoms with Gasteiger partial charge in [-0.3, -0.25) is 9.80 Å². The number of hydrogen-bond donors (Lipinski definition) is 1. The van der Waals surface area contributed by atoms with E-state index in [1.165, 1.54) is 5.56 Å². The maximum absolute atomic E-state index is 12.3. The third-order valence-electron chi connectivity index (χ3n) is 5.08. The number of piperazine rings is 1. The molecule has 140 valence electrons. The zero-order valence-corrected chi connectivity index (χ0v) is 15.8. The maximum atomic E-state index is 12.3. The second-order valence-electron chi connectivity index (χ2n) is 6.96. The zero-order chi connectivity index (χ0) is 17.5. The summed E-state index contributed by atoms with van der Waals surface area (Å²) in [6, 6.07) is 10.6. The van der Waals surface area contributed by atoms with E-state index in [1.807, 2.05) is 6.07 Å². The highest BCUT2D eigenvalue weighted by Crippen LogP contribution is 2.12. The van der Waals surface area contributed by atoms with Crippen LogP contribution in [0.3, 0.4) is 0 Å². The number of nitrogens with one attached hydrogen (secondary N) is 1. The molecule has 0 amide bonds. The van der Waals surface area contributed by atoms with Crippen molar-refractivity contribution in [3.05, 3.63) is 35.9 Å². The maximum Gasteiger partial charge on any atom is 0.279 e. The summed E-state index contributed by atoms with van der Waals surface area (Å²) in [5.41, 5.74) is 1.35. The van der Waals surface area contributed by atoms with E-state index in [9.17, 15) is 8.42 Å². The quantitative estimate of drug-likeness (QED) is 0.786. The average molecular weight is 367 g/mol. The fourth-order valence-corrected chi connectivity index (χ4v) is 4.81. The molecule has 0 radical (unpaired) electrons. The number of nitrogens with zero attached hydrogens (tertiary/aromatic N) is 3. The van der Waals surface area contributed by atoms with E-state index in [4.69, 9.17) is 0 Å². The Morgan fingerprint density at radius 3 is 2.16 bits per heavy atom. The highest BCUT2D eigenvalue weighted by atomic mass is 32.2. The topological polar surface area (TPSA) is 55.9 Å². The third kappa shape index (κ3) is 5.76. The van der Waals surface area contributed by atoms with Crippen LogP contribution in [0.5, 0.6) is 0 Å². The molecule has 0 spiro atoms. The Kier molecular flexibility index (Phi) is 6.84. The van der Waals surface area contributed by atoms with Crippen molar-refractivity contribution in [2.75, 3.05) is 52.4 Å². The summed E-state index contributed by atoms with van der Waals surface area (Å²) >= 11 is 0. The molecular formula is C18H30N4O2S. The average Bonchev–Trinajstić information content (AvgIpc) is 2.65. The van der Waals surface area contributed by atoms with Gasteiger partial charge in [-0.05, 0) is 18.4 Å². The minimum absolute atomic E-state index is 0.498. The largest absolute Gasteiger partial charge is 0.299 e. The van der Waals surface area contributed by atoms with Gasteiger partial charge in [-0.2, -0.15) is 12.7 Å². The zero-order valence-electron chi connectivity index (χ0n) is 14.9. The van der Waals surface area contributed by atoms with Gasteiger partial charge in [-0.25, -0.2) is 4.72 Å². The molecule has 0 unspecified atom stereocenters. The normalized spacial score (nSPS) is 21.4. The predicted molar refractivity (Wildman–Crippen MR) is 101 cm³/mol. The van der Waals surface area contributed by atoms with Crippen LogP contribution >= 0.6 is 0 Å². The molecule has 1 N–H and O–H groups in total. The van der Waals surface area contributed by atoms with Gasteiger partial charge in [0.1, 0.15) is 0 Å². The Hall–Kier alpha value is -0.990. The second kappa shape index (κ2) is 9.09. The highest BCUT2D eigenvalue weighted by Gasteiger charge is 2.23. The molecule has 0 bridgehead atoms. The van der Waals surface area contributed by atoms with Gasteiger partial charge < -0.3 is 0 Å². The van der Waals surface area contributed by atoms with Crippen molar-refractivity contribution in [1.82, 2.24) is 18.8 Å². The molecule has 0 aliphatic carbocycles. The second-order valence-corrected chi connectivity index (χ2v) is 8.72. The summed E-state index contributed by atoms with van der Waals surface area (Å²) in [7, 11) is -3.29. The first-order chi connectivity index (χ1) is 12.1. The van der Waals surface area contributed by atoms with Crippen LogP contribution in [0, 0.1) is 0 Å². The van der Waals surface area contributed by atoms with Crippen LogP contribution < -0.4 is 4.72 Å². The highest BCUT2D eigenvalue weighted by molar-refractivity contribution is 7.87. The van der Waals surface area contributed by atoms with Gasteiger partial charge in [0.25, 0.3) is 10.2 Å². The standard InChI is InChI=1S/C18H30N4O2S/c23-25(24,22-10-5-2-6-11-22)19-9-12-20-13-15-21(16-14-20)17-18-7-3-1-4-8-18/h1,3-4,7-8,19H,2,5-6,9-17H2. The SMILES string of the molecule is O=S(=O)(NCCN1CCN(Cc2ccccc2)CC1)N1CCCCC1. The van der Waals surface area contributed by atoms with Crippen LogP contribution in [0.4, 0.5) is 0 Å². The monoisotopic (exact) mass is 366 g/mol. The Morgan fingerprint density at radius 2 is 1.48 bits per heavy atom. The molecule has 25 heavy (non-hydrogen) atoms. The van der Waals surface area contributed by atoms with E-state index in [-0.39, 0.29) is 0 Å². The van der Waals surface area contributed by atoms with Crippen molar-refractivity contribution in [2.45, 2.75) is 25.8 Å². The van der Waals surface area contributed by atoms with E-state index in [1.54, 1.807) is 4.31 Å². The summed E-state index contributed by atoms with van der Waals surface area (Å²) in [4.78, 5) is 4.81. The molecule has 0 aromatic heterocycles. The molecule has 3 rings (SSSR count). The lowest BCUT2D eigenvalue weighted by molar-refractivity contribution is 0.129. The number of hydrogen-bond acceptors (Lipinski definition) is 4. The van der Waals surface area contributed by atoms with Crippen LogP contribution in [-0.2, 0) is 16.8 Å². The Labute approximate surface area is 152 Å². The van der Waals surface area contributed by atoms with Gasteiger partial charge in [0.05, 0.1) is 0 Å².